The number of halogens is 3. The molecule has 0 saturated carbocycles. The zero-order chi connectivity index (χ0) is 56.3. The van der Waals surface area contributed by atoms with Gasteiger partial charge in [-0.05, 0) is 172 Å². The lowest BCUT2D eigenvalue weighted by Crippen LogP contribution is -2.41. The molecule has 0 bridgehead atoms. The van der Waals surface area contributed by atoms with Crippen molar-refractivity contribution in [2.45, 2.75) is 182 Å². The summed E-state index contributed by atoms with van der Waals surface area (Å²) < 4.78 is 96.5. The van der Waals surface area contributed by atoms with Gasteiger partial charge in [0, 0.05) is 58.0 Å². The van der Waals surface area contributed by atoms with E-state index < -0.39 is 49.4 Å². The second-order valence-corrected chi connectivity index (χ2v) is 24.4. The predicted molar refractivity (Wildman–Crippen MR) is 288 cm³/mol. The van der Waals surface area contributed by atoms with Gasteiger partial charge in [0.15, 0.2) is 0 Å². The van der Waals surface area contributed by atoms with Crippen molar-refractivity contribution in [3.05, 3.63) is 52.5 Å². The van der Waals surface area contributed by atoms with Gasteiger partial charge in [0.05, 0.1) is 51.3 Å². The standard InChI is InChI=1S/C23H37BFNO6.C17H25BrFNO4.C12H24B2O4/c1-21(2,3)30-20(27)26(8)12-9-13-28-14-15-29-17-10-11-18(19(25)16-17)24-31-22(4,5)23(6,7)32-24;1-17(2,3)24-16(21)20(4)8-5-9-22-10-11-23-13-6-7-14(18)15(19)12-13;1-9(2)10(3,4)16-13(15-9)14-17-11(5,6)12(7,8)18-14/h10-11,16H,9,12-15H2,1-8H3;6-7,12H,5,8-11H2,1-4H3;1-8H3. The highest BCUT2D eigenvalue weighted by molar-refractivity contribution is 9.10. The fraction of sp³-hybridized carbons (Fsp3) is 0.731. The molecule has 3 heterocycles. The number of hydrogen-bond acceptors (Lipinski definition) is 14. The van der Waals surface area contributed by atoms with Crippen molar-refractivity contribution in [3.8, 4) is 11.5 Å². The molecule has 5 rings (SSSR count). The number of carbonyl (C=O) groups excluding carboxylic acids is 2. The first-order chi connectivity index (χ1) is 33.8. The summed E-state index contributed by atoms with van der Waals surface area (Å²) in [7, 11) is 1.68. The smallest absolute Gasteiger partial charge is 0.491 e. The van der Waals surface area contributed by atoms with Crippen LogP contribution in [0.4, 0.5) is 18.4 Å². The van der Waals surface area contributed by atoms with Gasteiger partial charge in [0.2, 0.25) is 0 Å². The largest absolute Gasteiger partial charge is 0.497 e. The normalized spacial score (nSPS) is 18.9. The molecular formula is C52H86B3BrF2N2O14. The van der Waals surface area contributed by atoms with E-state index >= 15 is 0 Å². The molecule has 0 unspecified atom stereocenters. The number of rotatable bonds is 18. The highest BCUT2D eigenvalue weighted by Crippen LogP contribution is 2.43. The molecule has 0 aromatic heterocycles. The van der Waals surface area contributed by atoms with Crippen molar-refractivity contribution < 1.29 is 74.7 Å². The fourth-order valence-electron chi connectivity index (χ4n) is 6.64. The van der Waals surface area contributed by atoms with Crippen LogP contribution in [0.25, 0.3) is 0 Å². The molecule has 0 N–H and O–H groups in total. The van der Waals surface area contributed by atoms with E-state index in [1.165, 1.54) is 21.9 Å². The minimum Gasteiger partial charge on any atom is -0.491 e. The Kier molecular flexibility index (Phi) is 23.2. The first-order valence-electron chi connectivity index (χ1n) is 25.4. The van der Waals surface area contributed by atoms with Crippen molar-refractivity contribution in [2.75, 3.05) is 66.8 Å². The van der Waals surface area contributed by atoms with Crippen molar-refractivity contribution in [2.24, 2.45) is 0 Å². The first-order valence-corrected chi connectivity index (χ1v) is 26.2. The van der Waals surface area contributed by atoms with E-state index in [0.717, 1.165) is 0 Å². The lowest BCUT2D eigenvalue weighted by atomic mass is 9.49. The van der Waals surface area contributed by atoms with Crippen LogP contribution in [0.15, 0.2) is 40.9 Å². The Morgan fingerprint density at radius 3 is 1.20 bits per heavy atom. The summed E-state index contributed by atoms with van der Waals surface area (Å²) in [5.41, 5.74) is -3.16. The van der Waals surface area contributed by atoms with Gasteiger partial charge in [-0.2, -0.15) is 0 Å². The summed E-state index contributed by atoms with van der Waals surface area (Å²) in [5.74, 6) is 0.0747. The Balaban J connectivity index is 0.000000305. The summed E-state index contributed by atoms with van der Waals surface area (Å²) in [4.78, 5) is 26.7. The predicted octanol–water partition coefficient (Wildman–Crippen LogP) is 10.3. The molecule has 74 heavy (non-hydrogen) atoms. The van der Waals surface area contributed by atoms with Gasteiger partial charge >= 0.3 is 33.3 Å². The van der Waals surface area contributed by atoms with Gasteiger partial charge in [0.25, 0.3) is 0 Å². The Hall–Kier alpha value is -3.21. The third-order valence-corrected chi connectivity index (χ3v) is 13.7. The van der Waals surface area contributed by atoms with Crippen LogP contribution in [0.3, 0.4) is 0 Å². The molecule has 2 amide bonds. The fourth-order valence-corrected chi connectivity index (χ4v) is 6.88. The van der Waals surface area contributed by atoms with Crippen molar-refractivity contribution in [3.63, 3.8) is 0 Å². The van der Waals surface area contributed by atoms with Gasteiger partial charge < -0.3 is 66.1 Å². The molecule has 3 saturated heterocycles. The maximum Gasteiger partial charge on any atom is 0.497 e. The van der Waals surface area contributed by atoms with Gasteiger partial charge in [-0.15, -0.1) is 0 Å². The van der Waals surface area contributed by atoms with Crippen LogP contribution in [-0.4, -0.2) is 155 Å². The highest BCUT2D eigenvalue weighted by Gasteiger charge is 2.63. The maximum atomic E-state index is 14.6. The second kappa shape index (κ2) is 26.4. The van der Waals surface area contributed by atoms with Gasteiger partial charge in [-0.25, -0.2) is 18.4 Å². The van der Waals surface area contributed by atoms with Crippen molar-refractivity contribution >= 4 is 54.7 Å². The highest BCUT2D eigenvalue weighted by atomic mass is 79.9. The molecule has 3 fully saturated rings. The quantitative estimate of drug-likeness (QED) is 0.103. The average Bonchev–Trinajstić information content (AvgIpc) is 3.72. The summed E-state index contributed by atoms with van der Waals surface area (Å²) in [5, 5.41) is 0. The van der Waals surface area contributed by atoms with Crippen LogP contribution < -0.4 is 14.9 Å². The molecule has 418 valence electrons. The summed E-state index contributed by atoms with van der Waals surface area (Å²) in [6.45, 7) is 38.4. The maximum absolute atomic E-state index is 14.6. The Morgan fingerprint density at radius 1 is 0.527 bits per heavy atom. The van der Waals surface area contributed by atoms with Gasteiger partial charge in [0.1, 0.15) is 47.5 Å². The number of carbonyl (C=O) groups is 2. The van der Waals surface area contributed by atoms with Crippen LogP contribution in [0.5, 0.6) is 11.5 Å². The molecule has 2 aromatic carbocycles. The van der Waals surface area contributed by atoms with Crippen molar-refractivity contribution in [1.29, 1.82) is 0 Å². The SMILES string of the molecule is CC1(C)OB(B2OC(C)(C)C(C)(C)O2)OC1(C)C.CN(CCCOCCOc1ccc(B2OC(C)(C)C(C)(C)O2)c(F)c1)C(=O)OC(C)(C)C.CN(CCCOCCOc1ccc(Br)c(F)c1)C(=O)OC(C)(C)C. The zero-order valence-corrected chi connectivity index (χ0v) is 49.6. The molecule has 0 atom stereocenters. The second-order valence-electron chi connectivity index (χ2n) is 23.5. The van der Waals surface area contributed by atoms with E-state index in [1.807, 2.05) is 125 Å². The van der Waals surface area contributed by atoms with E-state index in [4.69, 9.17) is 56.3 Å². The summed E-state index contributed by atoms with van der Waals surface area (Å²) in [6, 6.07) is 9.25. The van der Waals surface area contributed by atoms with E-state index in [9.17, 15) is 18.4 Å². The topological polar surface area (TPSA) is 151 Å². The van der Waals surface area contributed by atoms with Crippen LogP contribution in [0, 0.1) is 11.6 Å². The molecule has 22 heteroatoms. The Morgan fingerprint density at radius 2 is 0.865 bits per heavy atom. The van der Waals surface area contributed by atoms with Crippen molar-refractivity contribution in [1.82, 2.24) is 9.80 Å². The lowest BCUT2D eigenvalue weighted by molar-refractivity contribution is 0.00578. The molecular weight excluding hydrogens is 1030 g/mol. The molecule has 3 aliphatic heterocycles. The third kappa shape index (κ3) is 20.0. The van der Waals surface area contributed by atoms with E-state index in [2.05, 4.69) is 15.9 Å². The average molecular weight is 1110 g/mol. The number of benzene rings is 2. The minimum atomic E-state index is -0.754. The number of amides is 2. The zero-order valence-electron chi connectivity index (χ0n) is 48.0. The monoisotopic (exact) mass is 1110 g/mol. The number of hydrogen-bond donors (Lipinski definition) is 0. The molecule has 3 aliphatic rings. The molecule has 0 aliphatic carbocycles. The molecule has 2 aromatic rings. The molecule has 0 spiro atoms. The van der Waals surface area contributed by atoms with Crippen LogP contribution in [0.1, 0.15) is 137 Å². The Labute approximate surface area is 450 Å². The van der Waals surface area contributed by atoms with E-state index in [-0.39, 0.29) is 47.0 Å². The summed E-state index contributed by atoms with van der Waals surface area (Å²) >= 11 is 3.09. The molecule has 0 radical (unpaired) electrons. The lowest BCUT2D eigenvalue weighted by Gasteiger charge is -2.32. The number of nitrogens with zero attached hydrogens (tertiary/aromatic N) is 2. The van der Waals surface area contributed by atoms with E-state index in [1.54, 1.807) is 38.4 Å². The first kappa shape index (κ1) is 65.1. The van der Waals surface area contributed by atoms with E-state index in [0.29, 0.717) is 80.4 Å². The summed E-state index contributed by atoms with van der Waals surface area (Å²) in [6.07, 6.45) is 0.672. The van der Waals surface area contributed by atoms with Gasteiger partial charge in [-0.3, -0.25) is 0 Å². The van der Waals surface area contributed by atoms with Gasteiger partial charge in [-0.1, -0.05) is 6.07 Å². The van der Waals surface area contributed by atoms with Crippen LogP contribution in [0.2, 0.25) is 0 Å². The van der Waals surface area contributed by atoms with Crippen LogP contribution >= 0.6 is 15.9 Å². The Bertz CT molecular complexity index is 2040. The third-order valence-electron chi connectivity index (χ3n) is 13.1. The minimum absolute atomic E-state index is 0.289. The molecule has 16 nitrogen and oxygen atoms in total. The number of ether oxygens (including phenoxy) is 6. The van der Waals surface area contributed by atoms with Crippen LogP contribution in [-0.2, 0) is 46.9 Å².